The van der Waals surface area contributed by atoms with Gasteiger partial charge in [-0.25, -0.2) is 4.79 Å². The molecule has 0 saturated carbocycles. The number of hydrogen-bond donors (Lipinski definition) is 2. The number of nitrogens with one attached hydrogen (secondary N) is 2. The summed E-state index contributed by atoms with van der Waals surface area (Å²) in [6.45, 7) is 7.01. The third-order valence-electron chi connectivity index (χ3n) is 2.58. The second-order valence-electron chi connectivity index (χ2n) is 5.72. The van der Waals surface area contributed by atoms with Gasteiger partial charge in [-0.1, -0.05) is 17.5 Å². The molecule has 2 N–H and O–H groups in total. The predicted molar refractivity (Wildman–Crippen MR) is 95.9 cm³/mol. The maximum Gasteiger partial charge on any atom is 0.415 e. The van der Waals surface area contributed by atoms with Crippen LogP contribution in [-0.4, -0.2) is 33.3 Å². The van der Waals surface area contributed by atoms with Gasteiger partial charge in [0.1, 0.15) is 16.5 Å². The molecule has 6 nitrogen and oxygen atoms in total. The van der Waals surface area contributed by atoms with Gasteiger partial charge in [0, 0.05) is 12.4 Å². The van der Waals surface area contributed by atoms with Crippen LogP contribution < -0.4 is 5.32 Å². The fourth-order valence-electron chi connectivity index (χ4n) is 1.58. The number of aromatic nitrogens is 1. The van der Waals surface area contributed by atoms with Crippen LogP contribution in [0.5, 0.6) is 0 Å². The molecule has 1 rings (SSSR count). The lowest BCUT2D eigenvalue weighted by Crippen LogP contribution is -2.38. The van der Waals surface area contributed by atoms with Crippen molar-refractivity contribution in [2.24, 2.45) is 0 Å². The van der Waals surface area contributed by atoms with Crippen LogP contribution in [-0.2, 0) is 4.74 Å². The van der Waals surface area contributed by atoms with E-state index in [1.54, 1.807) is 52.2 Å². The van der Waals surface area contributed by atoms with E-state index in [0.29, 0.717) is 5.69 Å². The van der Waals surface area contributed by atoms with E-state index < -0.39 is 11.7 Å². The van der Waals surface area contributed by atoms with Crippen LogP contribution in [0.15, 0.2) is 36.4 Å². The maximum atomic E-state index is 12.4. The molecule has 1 amide bonds. The third kappa shape index (κ3) is 6.71. The maximum absolute atomic E-state index is 12.4. The van der Waals surface area contributed by atoms with E-state index >= 15 is 0 Å². The average molecular weight is 349 g/mol. The summed E-state index contributed by atoms with van der Waals surface area (Å²) in [5.41, 5.74) is 0.168. The van der Waals surface area contributed by atoms with Gasteiger partial charge in [0.2, 0.25) is 0 Å². The molecule has 1 aromatic rings. The van der Waals surface area contributed by atoms with Crippen molar-refractivity contribution in [1.82, 2.24) is 9.88 Å². The number of hydrogen-bond acceptors (Lipinski definition) is 5. The number of amides is 1. The Hall–Kier alpha value is -2.52. The zero-order valence-electron chi connectivity index (χ0n) is 14.2. The Balaban J connectivity index is 3.09. The lowest BCUT2D eigenvalue weighted by molar-refractivity contribution is 0.0344. The SMILES string of the molecule is CC#CCN(C(=O)OC(C)(C)C)/C(=C/Nc1cccnc1)C(=N)Cl. The summed E-state index contributed by atoms with van der Waals surface area (Å²) in [5, 5.41) is 10.4. The summed E-state index contributed by atoms with van der Waals surface area (Å²) < 4.78 is 5.36. The Morgan fingerprint density at radius 3 is 2.75 bits per heavy atom. The topological polar surface area (TPSA) is 78.3 Å². The second kappa shape index (κ2) is 8.94. The largest absolute Gasteiger partial charge is 0.443 e. The zero-order chi connectivity index (χ0) is 18.2. The molecule has 0 aliphatic carbocycles. The normalized spacial score (nSPS) is 11.1. The first kappa shape index (κ1) is 19.5. The summed E-state index contributed by atoms with van der Waals surface area (Å²) in [5.74, 6) is 5.50. The standard InChI is InChI=1S/C17H21ClN4O2/c1-5-6-10-22(16(23)24-17(2,3)4)14(15(18)19)12-21-13-8-7-9-20-11-13/h7-9,11-12,19,21H,10H2,1-4H3/b14-12+,19-15?. The van der Waals surface area contributed by atoms with Crippen molar-refractivity contribution in [3.05, 3.63) is 36.4 Å². The second-order valence-corrected chi connectivity index (χ2v) is 6.10. The van der Waals surface area contributed by atoms with E-state index in [1.165, 1.54) is 11.1 Å². The minimum Gasteiger partial charge on any atom is -0.443 e. The van der Waals surface area contributed by atoms with Gasteiger partial charge in [-0.2, -0.15) is 0 Å². The molecular weight excluding hydrogens is 328 g/mol. The molecule has 24 heavy (non-hydrogen) atoms. The van der Waals surface area contributed by atoms with Crippen molar-refractivity contribution in [3.8, 4) is 11.8 Å². The Bertz CT molecular complexity index is 669. The number of anilines is 1. The number of carbonyl (C=O) groups is 1. The third-order valence-corrected chi connectivity index (χ3v) is 2.77. The van der Waals surface area contributed by atoms with E-state index in [2.05, 4.69) is 22.1 Å². The Kier molecular flexibility index (Phi) is 7.28. The highest BCUT2D eigenvalue weighted by atomic mass is 35.5. The summed E-state index contributed by atoms with van der Waals surface area (Å²) in [7, 11) is 0. The van der Waals surface area contributed by atoms with Crippen molar-refractivity contribution in [3.63, 3.8) is 0 Å². The number of carbonyl (C=O) groups excluding carboxylic acids is 1. The molecular formula is C17H21ClN4O2. The average Bonchev–Trinajstić information content (AvgIpc) is 2.49. The number of pyridine rings is 1. The lowest BCUT2D eigenvalue weighted by Gasteiger charge is -2.27. The van der Waals surface area contributed by atoms with Gasteiger partial charge < -0.3 is 10.1 Å². The molecule has 0 bridgehead atoms. The number of allylic oxidation sites excluding steroid dienone is 1. The van der Waals surface area contributed by atoms with Crippen LogP contribution in [0.2, 0.25) is 0 Å². The van der Waals surface area contributed by atoms with Gasteiger partial charge in [-0.15, -0.1) is 5.92 Å². The van der Waals surface area contributed by atoms with E-state index in [0.717, 1.165) is 0 Å². The Morgan fingerprint density at radius 2 is 2.25 bits per heavy atom. The molecule has 0 aliphatic heterocycles. The molecule has 0 aromatic carbocycles. The van der Waals surface area contributed by atoms with Crippen molar-refractivity contribution < 1.29 is 9.53 Å². The minimum atomic E-state index is -0.675. The molecule has 0 unspecified atom stereocenters. The summed E-state index contributed by atoms with van der Waals surface area (Å²) >= 11 is 5.86. The van der Waals surface area contributed by atoms with Crippen LogP contribution in [0, 0.1) is 17.3 Å². The highest BCUT2D eigenvalue weighted by Crippen LogP contribution is 2.16. The monoisotopic (exact) mass is 348 g/mol. The van der Waals surface area contributed by atoms with Gasteiger partial charge >= 0.3 is 6.09 Å². The lowest BCUT2D eigenvalue weighted by atomic mass is 10.2. The molecule has 1 heterocycles. The molecule has 128 valence electrons. The fourth-order valence-corrected chi connectivity index (χ4v) is 1.74. The number of nitrogens with zero attached hydrogens (tertiary/aromatic N) is 2. The first-order valence-corrected chi connectivity index (χ1v) is 7.63. The fraction of sp³-hybridized carbons (Fsp3) is 0.353. The van der Waals surface area contributed by atoms with Crippen LogP contribution in [0.3, 0.4) is 0 Å². The Morgan fingerprint density at radius 1 is 1.54 bits per heavy atom. The summed E-state index contributed by atoms with van der Waals surface area (Å²) in [4.78, 5) is 17.6. The first-order valence-electron chi connectivity index (χ1n) is 7.26. The van der Waals surface area contributed by atoms with E-state index in [4.69, 9.17) is 21.7 Å². The van der Waals surface area contributed by atoms with Crippen molar-refractivity contribution in [2.45, 2.75) is 33.3 Å². The van der Waals surface area contributed by atoms with Crippen LogP contribution in [0.4, 0.5) is 10.5 Å². The van der Waals surface area contributed by atoms with Crippen molar-refractivity contribution >= 4 is 28.6 Å². The minimum absolute atomic E-state index is 0.0566. The van der Waals surface area contributed by atoms with E-state index in [9.17, 15) is 4.79 Å². The van der Waals surface area contributed by atoms with E-state index in [1.807, 2.05) is 0 Å². The first-order chi connectivity index (χ1) is 11.2. The molecule has 0 fully saturated rings. The van der Waals surface area contributed by atoms with Crippen LogP contribution in [0.25, 0.3) is 0 Å². The quantitative estimate of drug-likeness (QED) is 0.626. The van der Waals surface area contributed by atoms with Crippen LogP contribution >= 0.6 is 11.6 Å². The molecule has 0 spiro atoms. The highest BCUT2D eigenvalue weighted by molar-refractivity contribution is 6.68. The molecule has 1 aromatic heterocycles. The summed E-state index contributed by atoms with van der Waals surface area (Å²) in [6.07, 6.45) is 4.07. The van der Waals surface area contributed by atoms with Crippen LogP contribution in [0.1, 0.15) is 27.7 Å². The molecule has 0 atom stereocenters. The molecule has 0 saturated heterocycles. The number of halogens is 1. The van der Waals surface area contributed by atoms with Gasteiger partial charge in [0.15, 0.2) is 0 Å². The predicted octanol–water partition coefficient (Wildman–Crippen LogP) is 3.81. The van der Waals surface area contributed by atoms with Gasteiger partial charge in [-0.3, -0.25) is 15.3 Å². The van der Waals surface area contributed by atoms with Gasteiger partial charge in [-0.05, 0) is 39.8 Å². The highest BCUT2D eigenvalue weighted by Gasteiger charge is 2.26. The molecule has 7 heteroatoms. The van der Waals surface area contributed by atoms with Crippen molar-refractivity contribution in [1.29, 1.82) is 5.41 Å². The Labute approximate surface area is 147 Å². The zero-order valence-corrected chi connectivity index (χ0v) is 14.9. The van der Waals surface area contributed by atoms with Crippen molar-refractivity contribution in [2.75, 3.05) is 11.9 Å². The number of ether oxygens (including phenoxy) is 1. The smallest absolute Gasteiger partial charge is 0.415 e. The molecule has 0 aliphatic rings. The molecule has 0 radical (unpaired) electrons. The van der Waals surface area contributed by atoms with Gasteiger partial charge in [0.05, 0.1) is 18.4 Å². The van der Waals surface area contributed by atoms with E-state index in [-0.39, 0.29) is 17.4 Å². The van der Waals surface area contributed by atoms with Gasteiger partial charge in [0.25, 0.3) is 0 Å². The summed E-state index contributed by atoms with van der Waals surface area (Å²) in [6, 6.07) is 3.55. The number of rotatable bonds is 5.